The van der Waals surface area contributed by atoms with Gasteiger partial charge in [0, 0.05) is 38.0 Å². The summed E-state index contributed by atoms with van der Waals surface area (Å²) in [5.74, 6) is 1.99. The summed E-state index contributed by atoms with van der Waals surface area (Å²) < 4.78 is 7.44. The summed E-state index contributed by atoms with van der Waals surface area (Å²) in [6, 6.07) is 7.61. The average Bonchev–Trinajstić information content (AvgIpc) is 3.16. The molecule has 2 aromatic heterocycles. The maximum atomic E-state index is 11.9. The number of carbonyl (C=O) groups excluding carboxylic acids is 1. The molecule has 0 aliphatic carbocycles. The lowest BCUT2D eigenvalue weighted by atomic mass is 10.1. The van der Waals surface area contributed by atoms with Crippen LogP contribution in [0.3, 0.4) is 0 Å². The molecule has 1 aliphatic rings. The Labute approximate surface area is 175 Å². The van der Waals surface area contributed by atoms with E-state index in [4.69, 9.17) is 4.74 Å². The van der Waals surface area contributed by atoms with E-state index in [9.17, 15) is 4.79 Å². The van der Waals surface area contributed by atoms with Crippen molar-refractivity contribution in [2.75, 3.05) is 31.3 Å². The molecule has 0 saturated carbocycles. The lowest BCUT2D eigenvalue weighted by Gasteiger charge is -2.27. The van der Waals surface area contributed by atoms with Gasteiger partial charge in [0.15, 0.2) is 0 Å². The minimum absolute atomic E-state index is 0.0627. The minimum Gasteiger partial charge on any atom is -0.494 e. The number of nitrogens with zero attached hydrogens (tertiary/aromatic N) is 5. The van der Waals surface area contributed by atoms with Crippen LogP contribution in [0, 0.1) is 6.92 Å². The zero-order valence-electron chi connectivity index (χ0n) is 17.6. The quantitative estimate of drug-likeness (QED) is 0.671. The van der Waals surface area contributed by atoms with Crippen molar-refractivity contribution in [1.29, 1.82) is 0 Å². The van der Waals surface area contributed by atoms with Crippen molar-refractivity contribution in [3.05, 3.63) is 47.4 Å². The monoisotopic (exact) mass is 407 g/mol. The smallest absolute Gasteiger partial charge is 0.229 e. The van der Waals surface area contributed by atoms with E-state index < -0.39 is 0 Å². The van der Waals surface area contributed by atoms with Crippen LogP contribution in [-0.2, 0) is 17.8 Å². The van der Waals surface area contributed by atoms with Crippen LogP contribution in [0.4, 0.5) is 17.5 Å². The molecule has 0 saturated heterocycles. The number of aryl methyl sites for hydroxylation is 1. The lowest BCUT2D eigenvalue weighted by molar-refractivity contribution is -0.129. The molecule has 0 unspecified atom stereocenters. The molecule has 1 aromatic carbocycles. The van der Waals surface area contributed by atoms with Gasteiger partial charge in [0.05, 0.1) is 25.5 Å². The maximum absolute atomic E-state index is 11.9. The summed E-state index contributed by atoms with van der Waals surface area (Å²) in [4.78, 5) is 22.6. The summed E-state index contributed by atoms with van der Waals surface area (Å²) in [5, 5.41) is 10.9. The van der Waals surface area contributed by atoms with Crippen LogP contribution in [0.1, 0.15) is 23.9 Å². The first kappa shape index (κ1) is 19.7. The van der Waals surface area contributed by atoms with Crippen molar-refractivity contribution in [2.24, 2.45) is 0 Å². The normalized spacial score (nSPS) is 13.0. The largest absolute Gasteiger partial charge is 0.494 e. The number of nitrogens with one attached hydrogen (secondary N) is 2. The molecule has 9 heteroatoms. The molecule has 0 radical (unpaired) electrons. The number of fused-ring (bicyclic) bond motifs is 1. The van der Waals surface area contributed by atoms with E-state index >= 15 is 0 Å². The van der Waals surface area contributed by atoms with E-state index in [2.05, 4.69) is 25.7 Å². The molecule has 2 N–H and O–H groups in total. The van der Waals surface area contributed by atoms with Crippen molar-refractivity contribution < 1.29 is 9.53 Å². The molecule has 156 valence electrons. The van der Waals surface area contributed by atoms with Gasteiger partial charge in [-0.3, -0.25) is 4.79 Å². The summed E-state index contributed by atoms with van der Waals surface area (Å²) in [6.07, 6.45) is 2.66. The second-order valence-electron chi connectivity index (χ2n) is 7.20. The average molecular weight is 407 g/mol. The summed E-state index contributed by atoms with van der Waals surface area (Å²) in [6.45, 7) is 4.76. The number of anilines is 3. The van der Waals surface area contributed by atoms with Crippen molar-refractivity contribution in [3.63, 3.8) is 0 Å². The molecular formula is C21H25N7O2. The lowest BCUT2D eigenvalue weighted by Crippen LogP contribution is -2.34. The van der Waals surface area contributed by atoms with Gasteiger partial charge < -0.3 is 20.3 Å². The number of aromatic nitrogens is 4. The predicted octanol–water partition coefficient (Wildman–Crippen LogP) is 2.67. The van der Waals surface area contributed by atoms with Crippen LogP contribution < -0.4 is 15.4 Å². The van der Waals surface area contributed by atoms with Crippen molar-refractivity contribution in [3.8, 4) is 11.4 Å². The fourth-order valence-electron chi connectivity index (χ4n) is 3.59. The summed E-state index contributed by atoms with van der Waals surface area (Å²) in [5.41, 5.74) is 4.60. The third kappa shape index (κ3) is 3.78. The van der Waals surface area contributed by atoms with Gasteiger partial charge in [0.2, 0.25) is 11.9 Å². The first-order valence-electron chi connectivity index (χ1n) is 9.78. The Balaban J connectivity index is 1.71. The van der Waals surface area contributed by atoms with Crippen LogP contribution >= 0.6 is 0 Å². The van der Waals surface area contributed by atoms with Gasteiger partial charge in [-0.15, -0.1) is 0 Å². The fraction of sp³-hybridized carbons (Fsp3) is 0.333. The van der Waals surface area contributed by atoms with E-state index in [1.165, 1.54) is 0 Å². The van der Waals surface area contributed by atoms with E-state index in [0.29, 0.717) is 24.8 Å². The fourth-order valence-corrected chi connectivity index (χ4v) is 3.59. The SMILES string of the molecule is CNc1cc(C)nc(Nc2ccc(OC)c(-n3ncc4c3CN(C(C)=O)CC4)c2)n1. The highest BCUT2D eigenvalue weighted by Crippen LogP contribution is 2.31. The molecule has 4 rings (SSSR count). The molecule has 0 fully saturated rings. The second-order valence-corrected chi connectivity index (χ2v) is 7.20. The Morgan fingerprint density at radius 1 is 1.23 bits per heavy atom. The van der Waals surface area contributed by atoms with Gasteiger partial charge in [-0.05, 0) is 37.1 Å². The van der Waals surface area contributed by atoms with Gasteiger partial charge in [0.25, 0.3) is 0 Å². The van der Waals surface area contributed by atoms with Crippen LogP contribution in [0.15, 0.2) is 30.5 Å². The number of hydrogen-bond donors (Lipinski definition) is 2. The van der Waals surface area contributed by atoms with E-state index in [-0.39, 0.29) is 5.91 Å². The molecule has 1 aliphatic heterocycles. The number of rotatable bonds is 5. The van der Waals surface area contributed by atoms with Gasteiger partial charge in [-0.2, -0.15) is 10.1 Å². The first-order valence-corrected chi connectivity index (χ1v) is 9.78. The predicted molar refractivity (Wildman–Crippen MR) is 115 cm³/mol. The molecule has 1 amide bonds. The Hall–Kier alpha value is -3.62. The molecule has 3 aromatic rings. The molecule has 0 atom stereocenters. The third-order valence-electron chi connectivity index (χ3n) is 5.17. The summed E-state index contributed by atoms with van der Waals surface area (Å²) in [7, 11) is 3.45. The Morgan fingerprint density at radius 2 is 2.07 bits per heavy atom. The first-order chi connectivity index (χ1) is 14.5. The Bertz CT molecular complexity index is 1090. The summed E-state index contributed by atoms with van der Waals surface area (Å²) >= 11 is 0. The Kier molecular flexibility index (Phi) is 5.26. The third-order valence-corrected chi connectivity index (χ3v) is 5.17. The van der Waals surface area contributed by atoms with E-state index in [1.807, 2.05) is 54.0 Å². The van der Waals surface area contributed by atoms with Crippen molar-refractivity contribution >= 4 is 23.4 Å². The highest BCUT2D eigenvalue weighted by atomic mass is 16.5. The molecule has 9 nitrogen and oxygen atoms in total. The van der Waals surface area contributed by atoms with E-state index in [1.54, 1.807) is 14.0 Å². The number of hydrogen-bond acceptors (Lipinski definition) is 7. The van der Waals surface area contributed by atoms with Crippen molar-refractivity contribution in [1.82, 2.24) is 24.6 Å². The topological polar surface area (TPSA) is 97.2 Å². The highest BCUT2D eigenvalue weighted by Gasteiger charge is 2.24. The van der Waals surface area contributed by atoms with Gasteiger partial charge >= 0.3 is 0 Å². The van der Waals surface area contributed by atoms with Gasteiger partial charge in [-0.25, -0.2) is 9.67 Å². The molecule has 0 spiro atoms. The number of ether oxygens (including phenoxy) is 1. The van der Waals surface area contributed by atoms with Gasteiger partial charge in [0.1, 0.15) is 17.3 Å². The van der Waals surface area contributed by atoms with Gasteiger partial charge in [-0.1, -0.05) is 0 Å². The van der Waals surface area contributed by atoms with Crippen LogP contribution in [0.25, 0.3) is 5.69 Å². The highest BCUT2D eigenvalue weighted by molar-refractivity contribution is 5.73. The van der Waals surface area contributed by atoms with E-state index in [0.717, 1.165) is 40.6 Å². The number of benzene rings is 1. The maximum Gasteiger partial charge on any atom is 0.229 e. The molecular weight excluding hydrogens is 382 g/mol. The zero-order valence-corrected chi connectivity index (χ0v) is 17.6. The number of carbonyl (C=O) groups is 1. The van der Waals surface area contributed by atoms with Crippen LogP contribution in [0.5, 0.6) is 5.75 Å². The number of methoxy groups -OCH3 is 1. The second kappa shape index (κ2) is 8.02. The standard InChI is InChI=1S/C21H25N7O2/c1-13-9-20(22-3)26-21(24-13)25-16-5-6-19(30-4)17(10-16)28-18-12-27(14(2)29)8-7-15(18)11-23-28/h5-6,9-11H,7-8,12H2,1-4H3,(H2,22,24,25,26). The Morgan fingerprint density at radius 3 is 2.80 bits per heavy atom. The molecule has 0 bridgehead atoms. The molecule has 3 heterocycles. The van der Waals surface area contributed by atoms with Crippen molar-refractivity contribution in [2.45, 2.75) is 26.8 Å². The zero-order chi connectivity index (χ0) is 21.3. The van der Waals surface area contributed by atoms with Crippen LogP contribution in [-0.4, -0.2) is 51.3 Å². The number of amides is 1. The van der Waals surface area contributed by atoms with Crippen LogP contribution in [0.2, 0.25) is 0 Å². The minimum atomic E-state index is 0.0627. The molecule has 30 heavy (non-hydrogen) atoms.